The number of hydrogen-bond acceptors (Lipinski definition) is 9. The van der Waals surface area contributed by atoms with Crippen molar-refractivity contribution in [3.8, 4) is 0 Å². The van der Waals surface area contributed by atoms with Crippen LogP contribution < -0.4 is 16.1 Å². The molecule has 4 unspecified atom stereocenters. The Bertz CT molecular complexity index is 1910. The maximum Gasteiger partial charge on any atom is 0.325 e. The molecule has 1 aromatic heterocycles. The summed E-state index contributed by atoms with van der Waals surface area (Å²) in [7, 11) is 0. The van der Waals surface area contributed by atoms with E-state index in [1.165, 1.54) is 36.6 Å². The maximum absolute atomic E-state index is 14.0. The Hall–Kier alpha value is -5.07. The normalized spacial score (nSPS) is 22.5. The Labute approximate surface area is 260 Å². The van der Waals surface area contributed by atoms with Gasteiger partial charge in [0.2, 0.25) is 11.8 Å². The molecular weight excluding hydrogens is 604 g/mol. The quantitative estimate of drug-likeness (QED) is 0.139. The van der Waals surface area contributed by atoms with Crippen molar-refractivity contribution >= 4 is 51.7 Å². The molecular formula is C32H27ClN4O8. The van der Waals surface area contributed by atoms with E-state index in [1.54, 1.807) is 13.0 Å². The molecule has 0 aliphatic carbocycles. The number of halogens is 1. The predicted octanol–water partition coefficient (Wildman–Crippen LogP) is 4.09. The van der Waals surface area contributed by atoms with Crippen molar-refractivity contribution in [1.29, 1.82) is 0 Å². The van der Waals surface area contributed by atoms with Crippen molar-refractivity contribution in [1.82, 2.24) is 10.2 Å². The molecule has 2 fully saturated rings. The fourth-order valence-corrected chi connectivity index (χ4v) is 6.55. The Morgan fingerprint density at radius 2 is 1.82 bits per heavy atom. The third-order valence-corrected chi connectivity index (χ3v) is 9.02. The number of benzene rings is 3. The van der Waals surface area contributed by atoms with Gasteiger partial charge in [-0.3, -0.25) is 39.5 Å². The van der Waals surface area contributed by atoms with Crippen molar-refractivity contribution in [2.45, 2.75) is 24.9 Å². The Kier molecular flexibility index (Phi) is 7.63. The molecule has 13 heteroatoms. The minimum Gasteiger partial charge on any atom is -0.480 e. The number of aryl methyl sites for hydroxylation is 1. The van der Waals surface area contributed by atoms with Crippen LogP contribution in [0.25, 0.3) is 11.0 Å². The lowest BCUT2D eigenvalue weighted by atomic mass is 9.76. The topological polar surface area (TPSA) is 172 Å². The predicted molar refractivity (Wildman–Crippen MR) is 164 cm³/mol. The number of carbonyl (C=O) groups is 3. The number of nitro groups is 1. The number of imide groups is 1. The maximum atomic E-state index is 14.0. The SMILES string of the molecule is Cc1cc2occ(C3NC(Cc4ccc([N+](=O)[O-])cc4)(C(=O)O)C4C(=O)N(CCNc5ccccc5)C(=O)C34)c(=O)c2cc1Cl. The average Bonchev–Trinajstić information content (AvgIpc) is 3.48. The first kappa shape index (κ1) is 30.0. The molecule has 0 spiro atoms. The van der Waals surface area contributed by atoms with Gasteiger partial charge in [0.1, 0.15) is 11.1 Å². The lowest BCUT2D eigenvalue weighted by Crippen LogP contribution is -2.57. The van der Waals surface area contributed by atoms with Crippen LogP contribution in [0.5, 0.6) is 0 Å². The number of nitro benzene ring substituents is 1. The van der Waals surface area contributed by atoms with Gasteiger partial charge in [-0.05, 0) is 42.3 Å². The smallest absolute Gasteiger partial charge is 0.325 e. The van der Waals surface area contributed by atoms with Gasteiger partial charge in [0.25, 0.3) is 5.69 Å². The number of non-ortho nitro benzene ring substituents is 1. The van der Waals surface area contributed by atoms with E-state index in [2.05, 4.69) is 10.6 Å². The highest BCUT2D eigenvalue weighted by Gasteiger charge is 2.68. The monoisotopic (exact) mass is 630 g/mol. The minimum absolute atomic E-state index is 0.0188. The number of carboxylic acid groups (broad SMARTS) is 1. The number of anilines is 1. The van der Waals surface area contributed by atoms with E-state index in [0.717, 1.165) is 10.6 Å². The summed E-state index contributed by atoms with van der Waals surface area (Å²) in [6.07, 6.45) is 0.894. The largest absolute Gasteiger partial charge is 0.480 e. The lowest BCUT2D eigenvalue weighted by molar-refractivity contribution is -0.384. The molecule has 3 heterocycles. The number of fused-ring (bicyclic) bond motifs is 2. The van der Waals surface area contributed by atoms with Gasteiger partial charge in [-0.25, -0.2) is 0 Å². The van der Waals surface area contributed by atoms with Crippen LogP contribution in [0.3, 0.4) is 0 Å². The van der Waals surface area contributed by atoms with Gasteiger partial charge < -0.3 is 14.8 Å². The molecule has 6 rings (SSSR count). The first-order valence-electron chi connectivity index (χ1n) is 14.1. The Balaban J connectivity index is 1.42. The highest BCUT2D eigenvalue weighted by molar-refractivity contribution is 6.32. The van der Waals surface area contributed by atoms with Gasteiger partial charge >= 0.3 is 5.97 Å². The highest BCUT2D eigenvalue weighted by atomic mass is 35.5. The van der Waals surface area contributed by atoms with E-state index in [4.69, 9.17) is 16.0 Å². The first-order valence-corrected chi connectivity index (χ1v) is 14.5. The average molecular weight is 631 g/mol. The number of aliphatic carboxylic acids is 1. The molecule has 4 aromatic rings. The molecule has 2 aliphatic rings. The van der Waals surface area contributed by atoms with Crippen molar-refractivity contribution in [2.24, 2.45) is 11.8 Å². The molecule has 0 bridgehead atoms. The molecule has 230 valence electrons. The van der Waals surface area contributed by atoms with E-state index in [0.29, 0.717) is 16.1 Å². The molecule has 2 amide bonds. The van der Waals surface area contributed by atoms with Gasteiger partial charge in [-0.1, -0.05) is 41.9 Å². The second-order valence-corrected chi connectivity index (χ2v) is 11.6. The zero-order chi connectivity index (χ0) is 32.0. The van der Waals surface area contributed by atoms with E-state index in [9.17, 15) is 34.4 Å². The summed E-state index contributed by atoms with van der Waals surface area (Å²) in [4.78, 5) is 66.7. The Morgan fingerprint density at radius 1 is 1.11 bits per heavy atom. The standard InChI is InChI=1S/C32H27ClN4O8/c1-17-13-24-21(14-23(17)33)28(38)22(16-45-24)27-25-26(30(40)36(29(25)39)12-11-34-19-5-3-2-4-6-19)32(35-27,31(41)42)15-18-7-9-20(10-8-18)37(43)44/h2-10,13-14,16,25-27,34-35H,11-12,15H2,1H3,(H,41,42). The number of likely N-dealkylation sites (tertiary alicyclic amines) is 1. The number of para-hydroxylation sites is 1. The van der Waals surface area contributed by atoms with Crippen molar-refractivity contribution in [3.05, 3.63) is 115 Å². The van der Waals surface area contributed by atoms with E-state index in [-0.39, 0.29) is 41.7 Å². The van der Waals surface area contributed by atoms with Crippen LogP contribution in [-0.2, 0) is 20.8 Å². The van der Waals surface area contributed by atoms with Crippen LogP contribution in [0.15, 0.2) is 82.2 Å². The van der Waals surface area contributed by atoms with Gasteiger partial charge in [0.05, 0.1) is 40.0 Å². The number of nitrogens with one attached hydrogen (secondary N) is 2. The van der Waals surface area contributed by atoms with Gasteiger partial charge in [-0.15, -0.1) is 0 Å². The molecule has 4 atom stereocenters. The molecule has 0 saturated carbocycles. The number of carboxylic acids is 1. The van der Waals surface area contributed by atoms with Crippen LogP contribution in [0, 0.1) is 28.9 Å². The number of rotatable bonds is 9. The third kappa shape index (κ3) is 5.11. The second kappa shape index (κ2) is 11.5. The van der Waals surface area contributed by atoms with Crippen LogP contribution in [0.2, 0.25) is 5.02 Å². The van der Waals surface area contributed by atoms with E-state index in [1.807, 2.05) is 30.3 Å². The van der Waals surface area contributed by atoms with Crippen LogP contribution in [-0.4, -0.2) is 51.3 Å². The first-order chi connectivity index (χ1) is 21.5. The number of nitrogens with zero attached hydrogens (tertiary/aromatic N) is 2. The van der Waals surface area contributed by atoms with Crippen LogP contribution >= 0.6 is 11.6 Å². The van der Waals surface area contributed by atoms with E-state index < -0.39 is 51.6 Å². The lowest BCUT2D eigenvalue weighted by Gasteiger charge is -2.31. The van der Waals surface area contributed by atoms with Crippen molar-refractivity contribution in [3.63, 3.8) is 0 Å². The summed E-state index contributed by atoms with van der Waals surface area (Å²) in [5, 5.41) is 28.5. The zero-order valence-electron chi connectivity index (χ0n) is 23.9. The zero-order valence-corrected chi connectivity index (χ0v) is 24.6. The van der Waals surface area contributed by atoms with Gasteiger partial charge in [-0.2, -0.15) is 0 Å². The van der Waals surface area contributed by atoms with E-state index >= 15 is 0 Å². The molecule has 3 aromatic carbocycles. The number of carbonyl (C=O) groups excluding carboxylic acids is 2. The summed E-state index contributed by atoms with van der Waals surface area (Å²) in [5.41, 5.74) is -0.660. The third-order valence-electron chi connectivity index (χ3n) is 8.61. The minimum atomic E-state index is -2.04. The summed E-state index contributed by atoms with van der Waals surface area (Å²) in [5.74, 6) is -5.36. The van der Waals surface area contributed by atoms with Crippen molar-refractivity contribution < 1.29 is 28.8 Å². The summed E-state index contributed by atoms with van der Waals surface area (Å²) in [6.45, 7) is 1.92. The number of hydrogen-bond donors (Lipinski definition) is 3. The van der Waals surface area contributed by atoms with Gasteiger partial charge in [0, 0.05) is 42.4 Å². The van der Waals surface area contributed by atoms with Crippen LogP contribution in [0.4, 0.5) is 11.4 Å². The van der Waals surface area contributed by atoms with Crippen molar-refractivity contribution in [2.75, 3.05) is 18.4 Å². The molecule has 12 nitrogen and oxygen atoms in total. The summed E-state index contributed by atoms with van der Waals surface area (Å²) >= 11 is 6.30. The molecule has 3 N–H and O–H groups in total. The molecule has 2 saturated heterocycles. The fourth-order valence-electron chi connectivity index (χ4n) is 6.39. The molecule has 45 heavy (non-hydrogen) atoms. The summed E-state index contributed by atoms with van der Waals surface area (Å²) in [6, 6.07) is 16.3. The second-order valence-electron chi connectivity index (χ2n) is 11.2. The summed E-state index contributed by atoms with van der Waals surface area (Å²) < 4.78 is 5.78. The highest BCUT2D eigenvalue weighted by Crippen LogP contribution is 2.49. The molecule has 2 aliphatic heterocycles. The van der Waals surface area contributed by atoms with Crippen LogP contribution in [0.1, 0.15) is 22.7 Å². The Morgan fingerprint density at radius 3 is 2.49 bits per heavy atom. The fraction of sp³-hybridized carbons (Fsp3) is 0.250. The number of amides is 2. The van der Waals surface area contributed by atoms with Gasteiger partial charge in [0.15, 0.2) is 5.43 Å². The molecule has 0 radical (unpaired) electrons.